The Hall–Kier alpha value is -1.02. The van der Waals surface area contributed by atoms with E-state index in [1.807, 2.05) is 0 Å². The van der Waals surface area contributed by atoms with Crippen molar-refractivity contribution in [1.82, 2.24) is 9.97 Å². The Morgan fingerprint density at radius 1 is 1.39 bits per heavy atom. The van der Waals surface area contributed by atoms with Gasteiger partial charge in [0.05, 0.1) is 0 Å². The number of nitrogens with one attached hydrogen (secondary N) is 1. The fraction of sp³-hybridized carbons (Fsp3) is 0.600. The Morgan fingerprint density at radius 2 is 2.11 bits per heavy atom. The lowest BCUT2D eigenvalue weighted by atomic mass is 10.4. The summed E-state index contributed by atoms with van der Waals surface area (Å²) in [5, 5.41) is 2.82. The van der Waals surface area contributed by atoms with E-state index < -0.39 is 11.9 Å². The first kappa shape index (κ1) is 15.0. The van der Waals surface area contributed by atoms with Crippen molar-refractivity contribution in [3.05, 3.63) is 11.8 Å². The molecule has 0 fully saturated rings. The molecule has 0 saturated carbocycles. The maximum atomic E-state index is 12.6. The third-order valence-electron chi connectivity index (χ3n) is 1.96. The third kappa shape index (κ3) is 4.69. The number of anilines is 1. The molecule has 0 aliphatic carbocycles. The smallest absolute Gasteiger partial charge is 0.385 e. The molecule has 1 aromatic rings. The van der Waals surface area contributed by atoms with E-state index in [1.165, 1.54) is 18.8 Å². The third-order valence-corrected chi connectivity index (χ3v) is 2.96. The van der Waals surface area contributed by atoms with Crippen molar-refractivity contribution >= 4 is 17.7 Å². The molecule has 1 heterocycles. The first-order chi connectivity index (χ1) is 8.47. The van der Waals surface area contributed by atoms with Gasteiger partial charge in [0.15, 0.2) is 5.69 Å². The highest BCUT2D eigenvalue weighted by Gasteiger charge is 2.33. The van der Waals surface area contributed by atoms with Crippen molar-refractivity contribution in [2.75, 3.05) is 31.8 Å². The van der Waals surface area contributed by atoms with Crippen molar-refractivity contribution in [2.45, 2.75) is 17.6 Å². The minimum Gasteiger partial charge on any atom is -0.385 e. The molecule has 1 N–H and O–H groups in total. The molecule has 18 heavy (non-hydrogen) atoms. The molecule has 0 bridgehead atoms. The number of thioether (sulfide) groups is 1. The van der Waals surface area contributed by atoms with Crippen LogP contribution in [0, 0.1) is 0 Å². The number of aromatic nitrogens is 2. The van der Waals surface area contributed by atoms with E-state index in [-0.39, 0.29) is 5.95 Å². The standard InChI is InChI=1S/C10H14F3N3OS/c1-14-9-15-7(10(11,12)13)6-8(16-9)18-5-3-4-17-2/h6H,3-5H2,1-2H3,(H,14,15,16). The molecule has 0 radical (unpaired) electrons. The quantitative estimate of drug-likeness (QED) is 0.493. The summed E-state index contributed by atoms with van der Waals surface area (Å²) in [6.07, 6.45) is -3.71. The average molecular weight is 281 g/mol. The van der Waals surface area contributed by atoms with E-state index in [2.05, 4.69) is 15.3 Å². The van der Waals surface area contributed by atoms with Gasteiger partial charge in [0, 0.05) is 32.6 Å². The van der Waals surface area contributed by atoms with Crippen LogP contribution in [0.5, 0.6) is 0 Å². The van der Waals surface area contributed by atoms with Crippen LogP contribution in [0.1, 0.15) is 12.1 Å². The molecule has 4 nitrogen and oxygen atoms in total. The normalized spacial score (nSPS) is 11.6. The monoisotopic (exact) mass is 281 g/mol. The molecule has 0 unspecified atom stereocenters. The second-order valence-electron chi connectivity index (χ2n) is 3.36. The van der Waals surface area contributed by atoms with Crippen molar-refractivity contribution in [3.8, 4) is 0 Å². The van der Waals surface area contributed by atoms with Gasteiger partial charge in [-0.2, -0.15) is 13.2 Å². The number of alkyl halides is 3. The van der Waals surface area contributed by atoms with Crippen LogP contribution >= 0.6 is 11.8 Å². The van der Waals surface area contributed by atoms with E-state index in [4.69, 9.17) is 4.74 Å². The Bertz CT molecular complexity index is 387. The van der Waals surface area contributed by atoms with E-state index >= 15 is 0 Å². The zero-order chi connectivity index (χ0) is 13.6. The summed E-state index contributed by atoms with van der Waals surface area (Å²) in [6.45, 7) is 0.573. The van der Waals surface area contributed by atoms with Crippen LogP contribution in [0.3, 0.4) is 0 Å². The van der Waals surface area contributed by atoms with Gasteiger partial charge < -0.3 is 10.1 Å². The van der Waals surface area contributed by atoms with Gasteiger partial charge in [-0.05, 0) is 6.42 Å². The molecule has 102 valence electrons. The molecule has 1 aromatic heterocycles. The molecule has 0 spiro atoms. The molecule has 0 amide bonds. The Labute approximate surface area is 107 Å². The summed E-state index contributed by atoms with van der Waals surface area (Å²) >= 11 is 1.25. The molecule has 0 saturated heterocycles. The first-order valence-electron chi connectivity index (χ1n) is 5.23. The number of halogens is 3. The number of ether oxygens (including phenoxy) is 1. The molecule has 0 aromatic carbocycles. The minimum atomic E-state index is -4.46. The highest BCUT2D eigenvalue weighted by atomic mass is 32.2. The predicted molar refractivity (Wildman–Crippen MR) is 63.8 cm³/mol. The maximum absolute atomic E-state index is 12.6. The predicted octanol–water partition coefficient (Wildman–Crippen LogP) is 2.67. The lowest BCUT2D eigenvalue weighted by Crippen LogP contribution is -2.11. The molecule has 1 rings (SSSR count). The van der Waals surface area contributed by atoms with Crippen LogP contribution in [-0.4, -0.2) is 36.5 Å². The fourth-order valence-electron chi connectivity index (χ4n) is 1.14. The van der Waals surface area contributed by atoms with Crippen LogP contribution in [0.4, 0.5) is 19.1 Å². The van der Waals surface area contributed by atoms with Crippen LogP contribution in [0.2, 0.25) is 0 Å². The summed E-state index contributed by atoms with van der Waals surface area (Å²) < 4.78 is 42.6. The van der Waals surface area contributed by atoms with Gasteiger partial charge in [-0.3, -0.25) is 0 Å². The number of rotatable bonds is 6. The lowest BCUT2D eigenvalue weighted by molar-refractivity contribution is -0.141. The SMILES string of the molecule is CNc1nc(SCCCOC)cc(C(F)(F)F)n1. The van der Waals surface area contributed by atoms with Gasteiger partial charge in [0.25, 0.3) is 0 Å². The first-order valence-corrected chi connectivity index (χ1v) is 6.21. The lowest BCUT2D eigenvalue weighted by Gasteiger charge is -2.09. The minimum absolute atomic E-state index is 0.0286. The second kappa shape index (κ2) is 6.79. The van der Waals surface area contributed by atoms with E-state index in [0.29, 0.717) is 17.4 Å². The summed E-state index contributed by atoms with van der Waals surface area (Å²) in [4.78, 5) is 7.35. The fourth-order valence-corrected chi connectivity index (χ4v) is 1.95. The summed E-state index contributed by atoms with van der Waals surface area (Å²) in [5.74, 6) is 0.616. The van der Waals surface area contributed by atoms with Crippen LogP contribution in [0.15, 0.2) is 11.1 Å². The van der Waals surface area contributed by atoms with Gasteiger partial charge in [0.2, 0.25) is 5.95 Å². The Morgan fingerprint density at radius 3 is 2.67 bits per heavy atom. The largest absolute Gasteiger partial charge is 0.433 e. The summed E-state index contributed by atoms with van der Waals surface area (Å²) in [5.41, 5.74) is -0.934. The zero-order valence-corrected chi connectivity index (χ0v) is 10.9. The van der Waals surface area contributed by atoms with Gasteiger partial charge in [0.1, 0.15) is 5.03 Å². The van der Waals surface area contributed by atoms with Gasteiger partial charge in [-0.25, -0.2) is 9.97 Å². The highest BCUT2D eigenvalue weighted by Crippen LogP contribution is 2.30. The highest BCUT2D eigenvalue weighted by molar-refractivity contribution is 7.99. The maximum Gasteiger partial charge on any atom is 0.433 e. The number of methoxy groups -OCH3 is 1. The molecular weight excluding hydrogens is 267 g/mol. The van der Waals surface area contributed by atoms with Gasteiger partial charge in [-0.1, -0.05) is 0 Å². The van der Waals surface area contributed by atoms with Crippen molar-refractivity contribution in [1.29, 1.82) is 0 Å². The number of hydrogen-bond acceptors (Lipinski definition) is 5. The van der Waals surface area contributed by atoms with Crippen molar-refractivity contribution in [3.63, 3.8) is 0 Å². The van der Waals surface area contributed by atoms with Crippen LogP contribution in [0.25, 0.3) is 0 Å². The topological polar surface area (TPSA) is 47.0 Å². The number of nitrogens with zero attached hydrogens (tertiary/aromatic N) is 2. The molecule has 0 atom stereocenters. The molecule has 0 aliphatic heterocycles. The van der Waals surface area contributed by atoms with E-state index in [9.17, 15) is 13.2 Å². The molecule has 8 heteroatoms. The average Bonchev–Trinajstić information content (AvgIpc) is 2.33. The molecule has 0 aliphatic rings. The van der Waals surface area contributed by atoms with Crippen molar-refractivity contribution in [2.24, 2.45) is 0 Å². The van der Waals surface area contributed by atoms with Crippen LogP contribution < -0.4 is 5.32 Å². The van der Waals surface area contributed by atoms with E-state index in [1.54, 1.807) is 7.11 Å². The second-order valence-corrected chi connectivity index (χ2v) is 4.47. The van der Waals surface area contributed by atoms with Gasteiger partial charge >= 0.3 is 6.18 Å². The zero-order valence-electron chi connectivity index (χ0n) is 10.0. The van der Waals surface area contributed by atoms with Crippen LogP contribution in [-0.2, 0) is 10.9 Å². The Kier molecular flexibility index (Phi) is 5.67. The van der Waals surface area contributed by atoms with Crippen molar-refractivity contribution < 1.29 is 17.9 Å². The number of hydrogen-bond donors (Lipinski definition) is 1. The van der Waals surface area contributed by atoms with Gasteiger partial charge in [-0.15, -0.1) is 11.8 Å². The van der Waals surface area contributed by atoms with E-state index in [0.717, 1.165) is 12.5 Å². The summed E-state index contributed by atoms with van der Waals surface area (Å²) in [7, 11) is 3.06. The molecular formula is C10H14F3N3OS. The Balaban J connectivity index is 2.78. The summed E-state index contributed by atoms with van der Waals surface area (Å²) in [6, 6.07) is 0.957.